The van der Waals surface area contributed by atoms with E-state index >= 15 is 0 Å². The fourth-order valence-corrected chi connectivity index (χ4v) is 5.71. The molecular weight excluding hydrogens is 514 g/mol. The first kappa shape index (κ1) is 26.1. The zero-order chi connectivity index (χ0) is 26.7. The highest BCUT2D eigenvalue weighted by Gasteiger charge is 2.49. The van der Waals surface area contributed by atoms with Crippen LogP contribution in [0.3, 0.4) is 0 Å². The van der Waals surface area contributed by atoms with Gasteiger partial charge in [-0.25, -0.2) is 13.6 Å². The molecule has 0 saturated heterocycles. The van der Waals surface area contributed by atoms with Gasteiger partial charge in [0.25, 0.3) is 0 Å². The summed E-state index contributed by atoms with van der Waals surface area (Å²) in [5.74, 6) is -1.69. The third kappa shape index (κ3) is 5.50. The lowest BCUT2D eigenvalue weighted by Crippen LogP contribution is -2.51. The van der Waals surface area contributed by atoms with Crippen LogP contribution in [0.15, 0.2) is 60.7 Å². The lowest BCUT2D eigenvalue weighted by atomic mass is 9.72. The number of hydrogen-bond acceptors (Lipinski definition) is 5. The molecule has 1 fully saturated rings. The molecular formula is C29H29ClF2N2O4. The molecule has 1 aliphatic heterocycles. The minimum Gasteiger partial charge on any atom is -0.493 e. The van der Waals surface area contributed by atoms with Gasteiger partial charge in [-0.1, -0.05) is 43.0 Å². The van der Waals surface area contributed by atoms with Gasteiger partial charge in [-0.2, -0.15) is 0 Å². The molecule has 200 valence electrons. The van der Waals surface area contributed by atoms with Crippen LogP contribution in [0.4, 0.5) is 20.2 Å². The van der Waals surface area contributed by atoms with Gasteiger partial charge in [0.15, 0.2) is 18.2 Å². The number of carboxylic acids is 1. The normalized spacial score (nSPS) is 17.1. The van der Waals surface area contributed by atoms with Gasteiger partial charge < -0.3 is 25.2 Å². The Morgan fingerprint density at radius 2 is 1.47 bits per heavy atom. The van der Waals surface area contributed by atoms with Gasteiger partial charge in [0, 0.05) is 23.1 Å². The second-order valence-corrected chi connectivity index (χ2v) is 10.3. The van der Waals surface area contributed by atoms with Crippen molar-refractivity contribution in [2.75, 3.05) is 23.8 Å². The van der Waals surface area contributed by atoms with E-state index in [0.717, 1.165) is 31.2 Å². The number of rotatable bonds is 9. The number of carboxylic acid groups (broad SMARTS) is 1. The summed E-state index contributed by atoms with van der Waals surface area (Å²) in [6, 6.07) is 16.6. The van der Waals surface area contributed by atoms with Crippen molar-refractivity contribution < 1.29 is 28.2 Å². The molecule has 1 heterocycles. The minimum atomic E-state index is -1.05. The van der Waals surface area contributed by atoms with Crippen LogP contribution < -0.4 is 20.1 Å². The van der Waals surface area contributed by atoms with E-state index in [-0.39, 0.29) is 11.8 Å². The Morgan fingerprint density at radius 3 is 2.03 bits per heavy atom. The van der Waals surface area contributed by atoms with Crippen LogP contribution in [-0.4, -0.2) is 24.3 Å². The topological polar surface area (TPSA) is 79.8 Å². The molecule has 9 heteroatoms. The Kier molecular flexibility index (Phi) is 7.61. The molecule has 1 saturated carbocycles. The first-order chi connectivity index (χ1) is 18.3. The van der Waals surface area contributed by atoms with Crippen LogP contribution in [0.5, 0.6) is 11.5 Å². The van der Waals surface area contributed by atoms with Gasteiger partial charge in [-0.15, -0.1) is 0 Å². The second-order valence-electron chi connectivity index (χ2n) is 9.85. The summed E-state index contributed by atoms with van der Waals surface area (Å²) in [6.45, 7) is -0.103. The summed E-state index contributed by atoms with van der Waals surface area (Å²) in [5, 5.41) is 16.4. The molecule has 0 amide bonds. The van der Waals surface area contributed by atoms with Crippen molar-refractivity contribution in [3.8, 4) is 11.5 Å². The van der Waals surface area contributed by atoms with Crippen LogP contribution in [0, 0.1) is 23.5 Å². The van der Waals surface area contributed by atoms with Crippen LogP contribution in [0.1, 0.15) is 37.7 Å². The molecule has 38 heavy (non-hydrogen) atoms. The van der Waals surface area contributed by atoms with Crippen LogP contribution >= 0.6 is 11.6 Å². The number of ether oxygens (including phenoxy) is 2. The Bertz CT molecular complexity index is 1250. The zero-order valence-corrected chi connectivity index (χ0v) is 21.4. The fraction of sp³-hybridized carbons (Fsp3) is 0.345. The van der Waals surface area contributed by atoms with E-state index in [1.54, 1.807) is 36.4 Å². The quantitative estimate of drug-likeness (QED) is 0.269. The first-order valence-electron chi connectivity index (χ1n) is 12.7. The highest BCUT2D eigenvalue weighted by Crippen LogP contribution is 2.49. The number of benzene rings is 3. The van der Waals surface area contributed by atoms with E-state index in [4.69, 9.17) is 26.2 Å². The van der Waals surface area contributed by atoms with Crippen molar-refractivity contribution in [2.24, 2.45) is 11.8 Å². The smallest absolute Gasteiger partial charge is 0.341 e. The Hall–Kier alpha value is -3.52. The molecule has 0 spiro atoms. The number of anilines is 2. The summed E-state index contributed by atoms with van der Waals surface area (Å²) in [5.41, 5.74) is 0.967. The van der Waals surface area contributed by atoms with E-state index in [0.29, 0.717) is 34.5 Å². The van der Waals surface area contributed by atoms with E-state index in [2.05, 4.69) is 10.6 Å². The standard InChI is InChI=1S/C29H29ClF2N2O4/c30-20-8-6-19(7-9-20)29(33-26-14-24(31)25(32)15-27(26)34-29)23(18-4-2-1-3-5-18)16-37-21-10-12-22(13-11-21)38-17-28(35)36/h6-15,18,23,33-34H,1-5,16-17H2,(H,35,36). The van der Waals surface area contributed by atoms with E-state index in [1.807, 2.05) is 12.1 Å². The third-order valence-corrected chi connectivity index (χ3v) is 7.67. The van der Waals surface area contributed by atoms with Crippen molar-refractivity contribution in [2.45, 2.75) is 37.8 Å². The van der Waals surface area contributed by atoms with E-state index in [1.165, 1.54) is 18.6 Å². The molecule has 3 aromatic rings. The predicted octanol–water partition coefficient (Wildman–Crippen LogP) is 7.05. The van der Waals surface area contributed by atoms with Gasteiger partial charge >= 0.3 is 5.97 Å². The Labute approximate surface area is 224 Å². The molecule has 5 rings (SSSR count). The van der Waals surface area contributed by atoms with Gasteiger partial charge in [-0.05, 0) is 60.7 Å². The van der Waals surface area contributed by atoms with E-state index < -0.39 is 29.9 Å². The molecule has 6 nitrogen and oxygen atoms in total. The predicted molar refractivity (Wildman–Crippen MR) is 142 cm³/mol. The summed E-state index contributed by atoms with van der Waals surface area (Å²) in [4.78, 5) is 10.8. The molecule has 2 aliphatic rings. The monoisotopic (exact) mass is 542 g/mol. The number of halogens is 3. The van der Waals surface area contributed by atoms with Crippen molar-refractivity contribution in [1.82, 2.24) is 0 Å². The first-order valence-corrected chi connectivity index (χ1v) is 13.1. The van der Waals surface area contributed by atoms with Crippen molar-refractivity contribution in [1.29, 1.82) is 0 Å². The van der Waals surface area contributed by atoms with Gasteiger partial charge in [0.05, 0.1) is 18.0 Å². The maximum atomic E-state index is 14.2. The number of carbonyl (C=O) groups is 1. The Balaban J connectivity index is 1.47. The Morgan fingerprint density at radius 1 is 0.921 bits per heavy atom. The second kappa shape index (κ2) is 11.1. The van der Waals surface area contributed by atoms with Gasteiger partial charge in [-0.3, -0.25) is 0 Å². The van der Waals surface area contributed by atoms with Gasteiger partial charge in [0.2, 0.25) is 0 Å². The van der Waals surface area contributed by atoms with Crippen LogP contribution in [0.25, 0.3) is 0 Å². The average molecular weight is 543 g/mol. The SMILES string of the molecule is O=C(O)COc1ccc(OCC(C2CCCCC2)C2(c3ccc(Cl)cc3)Nc3cc(F)c(F)cc3N2)cc1. The fourth-order valence-electron chi connectivity index (χ4n) is 5.58. The molecule has 1 unspecified atom stereocenters. The summed E-state index contributed by atoms with van der Waals surface area (Å²) in [6.07, 6.45) is 5.39. The molecule has 1 aliphatic carbocycles. The van der Waals surface area contributed by atoms with E-state index in [9.17, 15) is 13.6 Å². The van der Waals surface area contributed by atoms with Crippen LogP contribution in [-0.2, 0) is 10.5 Å². The lowest BCUT2D eigenvalue weighted by Gasteiger charge is -2.44. The van der Waals surface area contributed by atoms with Crippen molar-refractivity contribution >= 4 is 28.9 Å². The third-order valence-electron chi connectivity index (χ3n) is 7.41. The molecule has 0 aromatic heterocycles. The number of aliphatic carboxylic acids is 1. The summed E-state index contributed by atoms with van der Waals surface area (Å²) >= 11 is 6.21. The maximum Gasteiger partial charge on any atom is 0.341 e. The maximum absolute atomic E-state index is 14.2. The summed E-state index contributed by atoms with van der Waals surface area (Å²) in [7, 11) is 0. The number of hydrogen-bond donors (Lipinski definition) is 3. The van der Waals surface area contributed by atoms with Gasteiger partial charge in [0.1, 0.15) is 17.2 Å². The minimum absolute atomic E-state index is 0.120. The molecule has 3 N–H and O–H groups in total. The zero-order valence-electron chi connectivity index (χ0n) is 20.7. The number of fused-ring (bicyclic) bond motifs is 1. The molecule has 1 atom stereocenters. The van der Waals surface area contributed by atoms with Crippen molar-refractivity contribution in [3.05, 3.63) is 82.9 Å². The molecule has 0 radical (unpaired) electrons. The highest BCUT2D eigenvalue weighted by molar-refractivity contribution is 6.30. The number of nitrogens with one attached hydrogen (secondary N) is 2. The van der Waals surface area contributed by atoms with Crippen LogP contribution in [0.2, 0.25) is 5.02 Å². The van der Waals surface area contributed by atoms with Crippen molar-refractivity contribution in [3.63, 3.8) is 0 Å². The largest absolute Gasteiger partial charge is 0.493 e. The molecule has 0 bridgehead atoms. The highest BCUT2D eigenvalue weighted by atomic mass is 35.5. The summed E-state index contributed by atoms with van der Waals surface area (Å²) < 4.78 is 39.9. The lowest BCUT2D eigenvalue weighted by molar-refractivity contribution is -0.139. The molecule has 3 aromatic carbocycles. The average Bonchev–Trinajstić information content (AvgIpc) is 3.28.